The summed E-state index contributed by atoms with van der Waals surface area (Å²) in [6, 6.07) is 7.59. The van der Waals surface area contributed by atoms with Crippen LogP contribution in [0.5, 0.6) is 5.75 Å². The number of carbonyl (C=O) groups excluding carboxylic acids is 1. The first kappa shape index (κ1) is 17.7. The van der Waals surface area contributed by atoms with Crippen molar-refractivity contribution in [3.05, 3.63) is 29.8 Å². The molecule has 19 heavy (non-hydrogen) atoms. The van der Waals surface area contributed by atoms with Crippen LogP contribution in [0.2, 0.25) is 0 Å². The van der Waals surface area contributed by atoms with Crippen molar-refractivity contribution in [3.63, 3.8) is 0 Å². The van der Waals surface area contributed by atoms with E-state index in [2.05, 4.69) is 5.32 Å². The summed E-state index contributed by atoms with van der Waals surface area (Å²) in [5.74, 6) is 0.776. The van der Waals surface area contributed by atoms with Gasteiger partial charge in [0.1, 0.15) is 5.75 Å². The largest absolute Gasteiger partial charge is 0.491 e. The van der Waals surface area contributed by atoms with Gasteiger partial charge < -0.3 is 15.8 Å². The van der Waals surface area contributed by atoms with Crippen molar-refractivity contribution in [2.45, 2.75) is 45.9 Å². The molecule has 1 aromatic carbocycles. The van der Waals surface area contributed by atoms with E-state index in [1.807, 2.05) is 45.0 Å². The molecule has 1 rings (SSSR count). The first-order chi connectivity index (χ1) is 8.49. The Balaban J connectivity index is 0.00000324. The van der Waals surface area contributed by atoms with Crippen LogP contribution in [0, 0.1) is 0 Å². The lowest BCUT2D eigenvalue weighted by atomic mass is 10.2. The Morgan fingerprint density at radius 2 is 1.95 bits per heavy atom. The number of nitrogens with one attached hydrogen (secondary N) is 1. The van der Waals surface area contributed by atoms with Gasteiger partial charge in [-0.2, -0.15) is 0 Å². The molecule has 0 fully saturated rings. The van der Waals surface area contributed by atoms with Gasteiger partial charge in [-0.05, 0) is 26.8 Å². The van der Waals surface area contributed by atoms with E-state index in [0.717, 1.165) is 11.3 Å². The number of nitrogens with two attached hydrogens (primary N) is 1. The first-order valence-corrected chi connectivity index (χ1v) is 6.26. The van der Waals surface area contributed by atoms with Gasteiger partial charge in [-0.3, -0.25) is 4.79 Å². The summed E-state index contributed by atoms with van der Waals surface area (Å²) in [6.45, 7) is 6.24. The Kier molecular flexibility index (Phi) is 8.19. The smallest absolute Gasteiger partial charge is 0.221 e. The fraction of sp³-hybridized carbons (Fsp3) is 0.500. The topological polar surface area (TPSA) is 64.4 Å². The molecule has 1 aromatic rings. The van der Waals surface area contributed by atoms with Gasteiger partial charge in [0.15, 0.2) is 0 Å². The predicted octanol–water partition coefficient (Wildman–Crippen LogP) is 2.25. The normalized spacial score (nSPS) is 11.6. The number of hydrogen-bond acceptors (Lipinski definition) is 3. The van der Waals surface area contributed by atoms with Gasteiger partial charge in [0.05, 0.1) is 6.10 Å². The van der Waals surface area contributed by atoms with Crippen molar-refractivity contribution in [2.75, 3.05) is 0 Å². The molecular weight excluding hydrogens is 264 g/mol. The van der Waals surface area contributed by atoms with Gasteiger partial charge >= 0.3 is 0 Å². The number of halogens is 1. The van der Waals surface area contributed by atoms with Crippen LogP contribution in [-0.2, 0) is 11.3 Å². The predicted molar refractivity (Wildman–Crippen MR) is 79.6 cm³/mol. The average Bonchev–Trinajstić information content (AvgIpc) is 2.26. The molecule has 4 nitrogen and oxygen atoms in total. The van der Waals surface area contributed by atoms with Crippen LogP contribution in [0.15, 0.2) is 24.3 Å². The molecule has 0 aromatic heterocycles. The zero-order valence-corrected chi connectivity index (χ0v) is 12.5. The van der Waals surface area contributed by atoms with E-state index < -0.39 is 0 Å². The molecule has 1 unspecified atom stereocenters. The molecule has 108 valence electrons. The van der Waals surface area contributed by atoms with Crippen molar-refractivity contribution in [1.29, 1.82) is 0 Å². The third kappa shape index (κ3) is 7.03. The molecule has 0 aliphatic rings. The second-order valence-electron chi connectivity index (χ2n) is 4.73. The molecule has 0 heterocycles. The minimum absolute atomic E-state index is 0. The van der Waals surface area contributed by atoms with Gasteiger partial charge in [-0.1, -0.05) is 18.2 Å². The molecule has 1 atom stereocenters. The van der Waals surface area contributed by atoms with Crippen LogP contribution >= 0.6 is 12.4 Å². The van der Waals surface area contributed by atoms with E-state index in [4.69, 9.17) is 10.5 Å². The van der Waals surface area contributed by atoms with Crippen molar-refractivity contribution in [2.24, 2.45) is 5.73 Å². The molecule has 1 amide bonds. The van der Waals surface area contributed by atoms with Crippen molar-refractivity contribution < 1.29 is 9.53 Å². The molecule has 0 spiro atoms. The molecule has 0 aliphatic heterocycles. The highest BCUT2D eigenvalue weighted by atomic mass is 35.5. The maximum Gasteiger partial charge on any atom is 0.221 e. The fourth-order valence-corrected chi connectivity index (χ4v) is 1.58. The van der Waals surface area contributed by atoms with Gasteiger partial charge in [-0.15, -0.1) is 12.4 Å². The molecule has 0 bridgehead atoms. The van der Waals surface area contributed by atoms with Crippen molar-refractivity contribution in [3.8, 4) is 5.75 Å². The van der Waals surface area contributed by atoms with E-state index in [9.17, 15) is 4.79 Å². The summed E-state index contributed by atoms with van der Waals surface area (Å²) in [5.41, 5.74) is 6.55. The van der Waals surface area contributed by atoms with Crippen molar-refractivity contribution >= 4 is 18.3 Å². The Hall–Kier alpha value is -1.26. The Morgan fingerprint density at radius 1 is 1.32 bits per heavy atom. The maximum absolute atomic E-state index is 11.5. The first-order valence-electron chi connectivity index (χ1n) is 6.26. The number of hydrogen-bond donors (Lipinski definition) is 2. The number of benzene rings is 1. The summed E-state index contributed by atoms with van der Waals surface area (Å²) in [6.07, 6.45) is 0.457. The lowest BCUT2D eigenvalue weighted by molar-refractivity contribution is -0.121. The summed E-state index contributed by atoms with van der Waals surface area (Å²) < 4.78 is 5.68. The number of carbonyl (C=O) groups is 1. The highest BCUT2D eigenvalue weighted by Gasteiger charge is 2.08. The van der Waals surface area contributed by atoms with Crippen LogP contribution in [-0.4, -0.2) is 18.1 Å². The van der Waals surface area contributed by atoms with Gasteiger partial charge in [0.25, 0.3) is 0 Å². The summed E-state index contributed by atoms with van der Waals surface area (Å²) >= 11 is 0. The SMILES string of the molecule is CC(N)CC(=O)NCc1ccccc1OC(C)C.Cl. The fourth-order valence-electron chi connectivity index (χ4n) is 1.58. The van der Waals surface area contributed by atoms with E-state index in [1.54, 1.807) is 0 Å². The summed E-state index contributed by atoms with van der Waals surface area (Å²) in [7, 11) is 0. The lowest BCUT2D eigenvalue weighted by Crippen LogP contribution is -2.29. The van der Waals surface area contributed by atoms with E-state index >= 15 is 0 Å². The van der Waals surface area contributed by atoms with Crippen molar-refractivity contribution in [1.82, 2.24) is 5.32 Å². The molecule has 0 aliphatic carbocycles. The summed E-state index contributed by atoms with van der Waals surface area (Å²) in [5, 5.41) is 2.84. The van der Waals surface area contributed by atoms with E-state index in [0.29, 0.717) is 13.0 Å². The van der Waals surface area contributed by atoms with Gasteiger partial charge in [0.2, 0.25) is 5.91 Å². The molecule has 0 saturated heterocycles. The Labute approximate surface area is 121 Å². The molecule has 3 N–H and O–H groups in total. The standard InChI is InChI=1S/C14H22N2O2.ClH/c1-10(2)18-13-7-5-4-6-12(13)9-16-14(17)8-11(3)15;/h4-7,10-11H,8-9,15H2,1-3H3,(H,16,17);1H. The van der Waals surface area contributed by atoms with E-state index in [1.165, 1.54) is 0 Å². The van der Waals surface area contributed by atoms with Crippen LogP contribution in [0.1, 0.15) is 32.8 Å². The quantitative estimate of drug-likeness (QED) is 0.843. The third-order valence-corrected chi connectivity index (χ3v) is 2.32. The average molecular weight is 287 g/mol. The zero-order valence-electron chi connectivity index (χ0n) is 11.7. The Morgan fingerprint density at radius 3 is 2.53 bits per heavy atom. The molecular formula is C14H23ClN2O2. The van der Waals surface area contributed by atoms with Crippen LogP contribution in [0.25, 0.3) is 0 Å². The number of para-hydroxylation sites is 1. The highest BCUT2D eigenvalue weighted by molar-refractivity contribution is 5.85. The van der Waals surface area contributed by atoms with Gasteiger partial charge in [0, 0.05) is 24.6 Å². The minimum Gasteiger partial charge on any atom is -0.491 e. The second kappa shape index (κ2) is 8.77. The second-order valence-corrected chi connectivity index (χ2v) is 4.73. The number of ether oxygens (including phenoxy) is 1. The van der Waals surface area contributed by atoms with Crippen LogP contribution in [0.4, 0.5) is 0 Å². The monoisotopic (exact) mass is 286 g/mol. The Bertz CT molecular complexity index is 395. The molecule has 0 radical (unpaired) electrons. The van der Waals surface area contributed by atoms with Gasteiger partial charge in [-0.25, -0.2) is 0 Å². The number of amides is 1. The maximum atomic E-state index is 11.5. The lowest BCUT2D eigenvalue weighted by Gasteiger charge is -2.14. The van der Waals surface area contributed by atoms with Crippen LogP contribution < -0.4 is 15.8 Å². The highest BCUT2D eigenvalue weighted by Crippen LogP contribution is 2.19. The summed E-state index contributed by atoms with van der Waals surface area (Å²) in [4.78, 5) is 11.5. The zero-order chi connectivity index (χ0) is 13.5. The molecule has 5 heteroatoms. The molecule has 0 saturated carbocycles. The third-order valence-electron chi connectivity index (χ3n) is 2.32. The minimum atomic E-state index is -0.118. The van der Waals surface area contributed by atoms with Crippen LogP contribution in [0.3, 0.4) is 0 Å². The number of rotatable bonds is 6. The van der Waals surface area contributed by atoms with E-state index in [-0.39, 0.29) is 30.5 Å².